The van der Waals surface area contributed by atoms with E-state index < -0.39 is 92.1 Å². The zero-order valence-corrected chi connectivity index (χ0v) is 42.6. The summed E-state index contributed by atoms with van der Waals surface area (Å²) in [5, 5.41) is 12.9. The fourth-order valence-corrected chi connectivity index (χ4v) is 9.80. The number of aliphatic hydroxyl groups is 1. The molecule has 0 aromatic heterocycles. The van der Waals surface area contributed by atoms with Gasteiger partial charge in [0.15, 0.2) is 18.9 Å². The molecule has 13 heteroatoms. The van der Waals surface area contributed by atoms with Gasteiger partial charge in [-0.15, -0.1) is 0 Å². The largest absolute Gasteiger partial charge is 0.385 e. The SMILES string of the molecule is CO[C@@H]1O[C@@H](C)[C@H](OCc2ccccc2)[C@@H](O[C@@H]2O[C@@H](C)[C@H](OCc3ccccc3)[C@@H](O[C@@H]3O[C@@H](C)[C@H](OCc4ccccc4)[C@@H](OCc4ccccc4)[C@H]3OCc3ccccc3)[C@H]2O)[C@H]1OCc1ccccc1. The first-order valence-electron chi connectivity index (χ1n) is 25.7. The van der Waals surface area contributed by atoms with Crippen LogP contribution in [0.1, 0.15) is 54.2 Å². The van der Waals surface area contributed by atoms with Crippen LogP contribution in [0, 0.1) is 0 Å². The Morgan fingerprint density at radius 1 is 0.311 bits per heavy atom. The molecule has 0 amide bonds. The molecule has 3 heterocycles. The second-order valence-corrected chi connectivity index (χ2v) is 19.1. The molecule has 74 heavy (non-hydrogen) atoms. The maximum atomic E-state index is 12.9. The summed E-state index contributed by atoms with van der Waals surface area (Å²) in [5.41, 5.74) is 5.77. The Labute approximate surface area is 435 Å². The van der Waals surface area contributed by atoms with Gasteiger partial charge in [0.05, 0.1) is 58.0 Å². The van der Waals surface area contributed by atoms with Gasteiger partial charge in [-0.05, 0) is 54.2 Å². The Balaban J connectivity index is 1.05. The normalized spacial score (nSPS) is 30.2. The summed E-state index contributed by atoms with van der Waals surface area (Å²) in [6.07, 6.45) is -13.0. The van der Waals surface area contributed by atoms with Gasteiger partial charge in [-0.1, -0.05) is 182 Å². The van der Waals surface area contributed by atoms with Crippen LogP contribution in [0.15, 0.2) is 182 Å². The van der Waals surface area contributed by atoms with Crippen molar-refractivity contribution in [2.24, 2.45) is 0 Å². The smallest absolute Gasteiger partial charge is 0.187 e. The van der Waals surface area contributed by atoms with E-state index in [-0.39, 0.29) is 33.0 Å². The van der Waals surface area contributed by atoms with Gasteiger partial charge in [0.1, 0.15) is 54.9 Å². The molecule has 0 saturated carbocycles. The van der Waals surface area contributed by atoms with Gasteiger partial charge in [0.25, 0.3) is 0 Å². The molecule has 1 N–H and O–H groups in total. The fourth-order valence-electron chi connectivity index (χ4n) is 9.80. The average molecular weight is 1010 g/mol. The van der Waals surface area contributed by atoms with Gasteiger partial charge in [-0.3, -0.25) is 0 Å². The predicted molar refractivity (Wildman–Crippen MR) is 276 cm³/mol. The lowest BCUT2D eigenvalue weighted by Gasteiger charge is -2.50. The van der Waals surface area contributed by atoms with E-state index in [2.05, 4.69) is 0 Å². The van der Waals surface area contributed by atoms with E-state index >= 15 is 0 Å². The molecule has 15 atom stereocenters. The first kappa shape index (κ1) is 53.6. The third kappa shape index (κ3) is 14.2. The van der Waals surface area contributed by atoms with Gasteiger partial charge in [-0.2, -0.15) is 0 Å². The monoisotopic (exact) mass is 1010 g/mol. The molecule has 3 aliphatic heterocycles. The highest BCUT2D eigenvalue weighted by Crippen LogP contribution is 2.38. The molecule has 9 rings (SSSR count). The quantitative estimate of drug-likeness (QED) is 0.0655. The molecular weight excluding hydrogens is 941 g/mol. The maximum Gasteiger partial charge on any atom is 0.187 e. The van der Waals surface area contributed by atoms with Crippen LogP contribution in [0.3, 0.4) is 0 Å². The van der Waals surface area contributed by atoms with Crippen molar-refractivity contribution in [1.82, 2.24) is 0 Å². The van der Waals surface area contributed by atoms with Crippen LogP contribution in [-0.4, -0.2) is 104 Å². The van der Waals surface area contributed by atoms with Crippen LogP contribution in [0.25, 0.3) is 0 Å². The van der Waals surface area contributed by atoms with E-state index in [0.29, 0.717) is 6.61 Å². The average Bonchev–Trinajstić information content (AvgIpc) is 3.44. The molecule has 0 unspecified atom stereocenters. The minimum atomic E-state index is -1.46. The molecule has 0 radical (unpaired) electrons. The van der Waals surface area contributed by atoms with Crippen molar-refractivity contribution in [1.29, 1.82) is 0 Å². The van der Waals surface area contributed by atoms with Crippen LogP contribution in [0.4, 0.5) is 0 Å². The Hall–Kier alpha value is -5.20. The van der Waals surface area contributed by atoms with E-state index in [9.17, 15) is 5.11 Å². The fraction of sp³-hybridized carbons (Fsp3) is 0.410. The number of methoxy groups -OCH3 is 1. The number of benzene rings is 6. The molecular formula is C61H70O13. The lowest BCUT2D eigenvalue weighted by atomic mass is 9.95. The summed E-state index contributed by atoms with van der Waals surface area (Å²) in [7, 11) is 1.57. The number of hydrogen-bond donors (Lipinski definition) is 1. The third-order valence-electron chi connectivity index (χ3n) is 13.7. The van der Waals surface area contributed by atoms with Gasteiger partial charge in [-0.25, -0.2) is 0 Å². The Bertz CT molecular complexity index is 2490. The number of aliphatic hydroxyl groups excluding tert-OH is 1. The summed E-state index contributed by atoms with van der Waals surface area (Å²) in [6, 6.07) is 59.5. The first-order valence-corrected chi connectivity index (χ1v) is 25.7. The van der Waals surface area contributed by atoms with E-state index in [1.54, 1.807) is 7.11 Å². The van der Waals surface area contributed by atoms with Gasteiger partial charge in [0, 0.05) is 7.11 Å². The molecule has 0 spiro atoms. The minimum absolute atomic E-state index is 0.211. The lowest BCUT2D eigenvalue weighted by Crippen LogP contribution is -2.66. The van der Waals surface area contributed by atoms with Crippen LogP contribution in [-0.2, 0) is 96.5 Å². The summed E-state index contributed by atoms with van der Waals surface area (Å²) >= 11 is 0. The first-order chi connectivity index (χ1) is 36.3. The van der Waals surface area contributed by atoms with Crippen molar-refractivity contribution in [2.75, 3.05) is 7.11 Å². The zero-order valence-electron chi connectivity index (χ0n) is 42.6. The van der Waals surface area contributed by atoms with Crippen LogP contribution >= 0.6 is 0 Å². The van der Waals surface area contributed by atoms with E-state index in [1.807, 2.05) is 203 Å². The molecule has 3 saturated heterocycles. The minimum Gasteiger partial charge on any atom is -0.385 e. The Kier molecular flexibility index (Phi) is 19.6. The Morgan fingerprint density at radius 3 is 0.919 bits per heavy atom. The van der Waals surface area contributed by atoms with Crippen molar-refractivity contribution in [3.8, 4) is 0 Å². The number of rotatable bonds is 23. The number of hydrogen-bond acceptors (Lipinski definition) is 13. The van der Waals surface area contributed by atoms with Crippen LogP contribution in [0.2, 0.25) is 0 Å². The summed E-state index contributed by atoms with van der Waals surface area (Å²) in [4.78, 5) is 0. The molecule has 3 aliphatic rings. The molecule has 6 aromatic carbocycles. The molecule has 13 nitrogen and oxygen atoms in total. The van der Waals surface area contributed by atoms with E-state index in [0.717, 1.165) is 33.4 Å². The number of ether oxygens (including phenoxy) is 12. The third-order valence-corrected chi connectivity index (χ3v) is 13.7. The molecule has 6 aromatic rings. The second-order valence-electron chi connectivity index (χ2n) is 19.1. The Morgan fingerprint density at radius 2 is 0.568 bits per heavy atom. The predicted octanol–water partition coefficient (Wildman–Crippen LogP) is 9.51. The standard InChI is InChI=1S/C61H70O13/c1-41-51(64-35-44-23-11-5-12-24-44)54(50(62)59(70-41)74-56-53(66-37-46-27-15-7-16-28-46)43(3)71-60(63-4)58(56)69-40-49-33-21-10-22-34-49)73-61-57(68-39-48-31-19-9-20-32-48)55(67-38-47-29-17-8-18-30-47)52(42(2)72-61)65-36-45-25-13-6-14-26-45/h5-34,41-43,50-62H,35-40H2,1-4H3/t41-,42-,43-,50+,51-,52-,53-,54-,55+,56+,57+,58+,59-,60+,61-/m0/s1. The lowest BCUT2D eigenvalue weighted by molar-refractivity contribution is -0.386. The summed E-state index contributed by atoms with van der Waals surface area (Å²) < 4.78 is 81.0. The maximum absolute atomic E-state index is 12.9. The second kappa shape index (κ2) is 27.0. The van der Waals surface area contributed by atoms with Gasteiger partial charge < -0.3 is 61.9 Å². The van der Waals surface area contributed by atoms with Crippen molar-refractivity contribution in [3.05, 3.63) is 215 Å². The van der Waals surface area contributed by atoms with E-state index in [4.69, 9.17) is 56.8 Å². The van der Waals surface area contributed by atoms with Crippen LogP contribution < -0.4 is 0 Å². The molecule has 0 bridgehead atoms. The van der Waals surface area contributed by atoms with Crippen molar-refractivity contribution < 1.29 is 61.9 Å². The van der Waals surface area contributed by atoms with Gasteiger partial charge in [0.2, 0.25) is 0 Å². The highest BCUT2D eigenvalue weighted by atomic mass is 16.8. The molecule has 392 valence electrons. The summed E-state index contributed by atoms with van der Waals surface area (Å²) in [6.45, 7) is 7.24. The highest BCUT2D eigenvalue weighted by molar-refractivity contribution is 5.18. The highest BCUT2D eigenvalue weighted by Gasteiger charge is 2.55. The van der Waals surface area contributed by atoms with Crippen molar-refractivity contribution >= 4 is 0 Å². The van der Waals surface area contributed by atoms with Crippen molar-refractivity contribution in [2.45, 2.75) is 153 Å². The summed E-state index contributed by atoms with van der Waals surface area (Å²) in [5.74, 6) is 0. The zero-order chi connectivity index (χ0) is 51.1. The van der Waals surface area contributed by atoms with Gasteiger partial charge >= 0.3 is 0 Å². The molecule has 3 fully saturated rings. The van der Waals surface area contributed by atoms with Crippen molar-refractivity contribution in [3.63, 3.8) is 0 Å². The van der Waals surface area contributed by atoms with Crippen LogP contribution in [0.5, 0.6) is 0 Å². The topological polar surface area (TPSA) is 131 Å². The van der Waals surface area contributed by atoms with E-state index in [1.165, 1.54) is 0 Å². The molecule has 0 aliphatic carbocycles.